The Hall–Kier alpha value is -1.79. The van der Waals surface area contributed by atoms with Crippen LogP contribution in [0.3, 0.4) is 0 Å². The smallest absolute Gasteiger partial charge is 0.137 e. The number of nitrogens with zero attached hydrogens (tertiary/aromatic N) is 3. The monoisotopic (exact) mass is 304 g/mol. The summed E-state index contributed by atoms with van der Waals surface area (Å²) in [5, 5.41) is 4.02. The van der Waals surface area contributed by atoms with E-state index in [-0.39, 0.29) is 5.82 Å². The summed E-state index contributed by atoms with van der Waals surface area (Å²) in [4.78, 5) is 10.8. The molecule has 1 aliphatic heterocycles. The number of unbranched alkanes of at least 4 members (excludes halogenated alkanes) is 1. The van der Waals surface area contributed by atoms with Crippen LogP contribution in [0.4, 0.5) is 10.2 Å². The van der Waals surface area contributed by atoms with Gasteiger partial charge in [0.25, 0.3) is 0 Å². The minimum atomic E-state index is -0.266. The lowest BCUT2D eigenvalue weighted by atomic mass is 10.2. The van der Waals surface area contributed by atoms with Gasteiger partial charge < -0.3 is 10.1 Å². The van der Waals surface area contributed by atoms with Crippen molar-refractivity contribution in [1.82, 2.24) is 14.9 Å². The number of fused-ring (bicyclic) bond motifs is 1. The highest BCUT2D eigenvalue weighted by Gasteiger charge is 2.09. The Bertz CT molecular complexity index is 616. The Morgan fingerprint density at radius 2 is 2.05 bits per heavy atom. The van der Waals surface area contributed by atoms with E-state index in [0.29, 0.717) is 5.82 Å². The standard InChI is InChI=1S/C16H21FN4O/c17-13-3-4-15-14(11-13)16(20-12-19-15)18-5-1-2-6-21-7-9-22-10-8-21/h3-4,11-12H,1-2,5-10H2,(H,18,19,20). The average molecular weight is 304 g/mol. The number of anilines is 1. The molecule has 22 heavy (non-hydrogen) atoms. The van der Waals surface area contributed by atoms with Gasteiger partial charge in [-0.1, -0.05) is 0 Å². The highest BCUT2D eigenvalue weighted by Crippen LogP contribution is 2.20. The molecule has 1 aliphatic rings. The molecule has 1 N–H and O–H groups in total. The molecule has 0 aliphatic carbocycles. The molecule has 0 saturated carbocycles. The van der Waals surface area contributed by atoms with E-state index in [2.05, 4.69) is 20.2 Å². The number of benzene rings is 1. The van der Waals surface area contributed by atoms with Crippen molar-refractivity contribution in [2.75, 3.05) is 44.7 Å². The fourth-order valence-electron chi connectivity index (χ4n) is 2.66. The minimum absolute atomic E-state index is 0.266. The molecule has 0 atom stereocenters. The van der Waals surface area contributed by atoms with Gasteiger partial charge in [-0.05, 0) is 37.6 Å². The van der Waals surface area contributed by atoms with Crippen molar-refractivity contribution in [3.05, 3.63) is 30.3 Å². The molecule has 2 heterocycles. The van der Waals surface area contributed by atoms with Gasteiger partial charge in [-0.15, -0.1) is 0 Å². The summed E-state index contributed by atoms with van der Waals surface area (Å²) < 4.78 is 18.7. The van der Waals surface area contributed by atoms with E-state index in [1.54, 1.807) is 6.07 Å². The summed E-state index contributed by atoms with van der Waals surface area (Å²) >= 11 is 0. The van der Waals surface area contributed by atoms with Gasteiger partial charge in [-0.25, -0.2) is 14.4 Å². The van der Waals surface area contributed by atoms with Crippen LogP contribution in [-0.2, 0) is 4.74 Å². The van der Waals surface area contributed by atoms with Crippen LogP contribution in [0.5, 0.6) is 0 Å². The number of nitrogens with one attached hydrogen (secondary N) is 1. The molecule has 1 fully saturated rings. The van der Waals surface area contributed by atoms with Gasteiger partial charge in [-0.3, -0.25) is 4.90 Å². The van der Waals surface area contributed by atoms with Crippen molar-refractivity contribution in [2.45, 2.75) is 12.8 Å². The summed E-state index contributed by atoms with van der Waals surface area (Å²) in [6.45, 7) is 5.68. The molecule has 1 aromatic carbocycles. The summed E-state index contributed by atoms with van der Waals surface area (Å²) in [5.74, 6) is 0.438. The van der Waals surface area contributed by atoms with Gasteiger partial charge in [0.2, 0.25) is 0 Å². The number of rotatable bonds is 6. The van der Waals surface area contributed by atoms with Gasteiger partial charge in [0, 0.05) is 25.0 Å². The Morgan fingerprint density at radius 3 is 2.91 bits per heavy atom. The van der Waals surface area contributed by atoms with Crippen molar-refractivity contribution in [2.24, 2.45) is 0 Å². The molecule has 1 aromatic heterocycles. The van der Waals surface area contributed by atoms with Crippen LogP contribution in [0.1, 0.15) is 12.8 Å². The zero-order valence-corrected chi connectivity index (χ0v) is 12.6. The number of halogens is 1. The van der Waals surface area contributed by atoms with Crippen molar-refractivity contribution in [3.63, 3.8) is 0 Å². The summed E-state index contributed by atoms with van der Waals surface area (Å²) in [5.41, 5.74) is 0.757. The van der Waals surface area contributed by atoms with E-state index in [4.69, 9.17) is 4.74 Å². The maximum Gasteiger partial charge on any atom is 0.137 e. The van der Waals surface area contributed by atoms with Crippen molar-refractivity contribution in [3.8, 4) is 0 Å². The molecule has 2 aromatic rings. The van der Waals surface area contributed by atoms with Crippen molar-refractivity contribution in [1.29, 1.82) is 0 Å². The summed E-state index contributed by atoms with van der Waals surface area (Å²) in [7, 11) is 0. The highest BCUT2D eigenvalue weighted by atomic mass is 19.1. The van der Waals surface area contributed by atoms with E-state index < -0.39 is 0 Å². The zero-order valence-electron chi connectivity index (χ0n) is 12.6. The molecule has 3 rings (SSSR count). The quantitative estimate of drug-likeness (QED) is 0.830. The lowest BCUT2D eigenvalue weighted by Gasteiger charge is -2.26. The first-order valence-electron chi connectivity index (χ1n) is 7.77. The van der Waals surface area contributed by atoms with E-state index in [1.165, 1.54) is 18.5 Å². The highest BCUT2D eigenvalue weighted by molar-refractivity contribution is 5.88. The van der Waals surface area contributed by atoms with E-state index in [9.17, 15) is 4.39 Å². The number of ether oxygens (including phenoxy) is 1. The first-order chi connectivity index (χ1) is 10.8. The van der Waals surface area contributed by atoms with Crippen LogP contribution < -0.4 is 5.32 Å². The van der Waals surface area contributed by atoms with Gasteiger partial charge >= 0.3 is 0 Å². The third kappa shape index (κ3) is 3.90. The lowest BCUT2D eigenvalue weighted by molar-refractivity contribution is 0.0373. The maximum atomic E-state index is 13.4. The van der Waals surface area contributed by atoms with Crippen molar-refractivity contribution < 1.29 is 9.13 Å². The second-order valence-electron chi connectivity index (χ2n) is 5.47. The molecule has 5 nitrogen and oxygen atoms in total. The number of aromatic nitrogens is 2. The Kier molecular flexibility index (Phi) is 5.13. The number of hydrogen-bond acceptors (Lipinski definition) is 5. The second-order valence-corrected chi connectivity index (χ2v) is 5.47. The fraction of sp³-hybridized carbons (Fsp3) is 0.500. The first kappa shape index (κ1) is 15.1. The van der Waals surface area contributed by atoms with Crippen LogP contribution in [-0.4, -0.2) is 54.3 Å². The molecule has 118 valence electrons. The van der Waals surface area contributed by atoms with E-state index >= 15 is 0 Å². The molecule has 0 unspecified atom stereocenters. The zero-order chi connectivity index (χ0) is 15.2. The SMILES string of the molecule is Fc1ccc2ncnc(NCCCCN3CCOCC3)c2c1. The second kappa shape index (κ2) is 7.47. The van der Waals surface area contributed by atoms with Crippen LogP contribution in [0.2, 0.25) is 0 Å². The molecule has 6 heteroatoms. The predicted octanol–water partition coefficient (Wildman–Crippen LogP) is 2.29. The van der Waals surface area contributed by atoms with Gasteiger partial charge in [-0.2, -0.15) is 0 Å². The van der Waals surface area contributed by atoms with Gasteiger partial charge in [0.15, 0.2) is 0 Å². The Labute approximate surface area is 129 Å². The Balaban J connectivity index is 1.48. The first-order valence-corrected chi connectivity index (χ1v) is 7.77. The molecule has 0 amide bonds. The largest absolute Gasteiger partial charge is 0.379 e. The fourth-order valence-corrected chi connectivity index (χ4v) is 2.66. The Morgan fingerprint density at radius 1 is 1.18 bits per heavy atom. The number of hydrogen-bond donors (Lipinski definition) is 1. The average Bonchev–Trinajstić information content (AvgIpc) is 2.56. The van der Waals surface area contributed by atoms with Gasteiger partial charge in [0.1, 0.15) is 18.0 Å². The van der Waals surface area contributed by atoms with Gasteiger partial charge in [0.05, 0.1) is 18.7 Å². The lowest BCUT2D eigenvalue weighted by Crippen LogP contribution is -2.36. The molecular weight excluding hydrogens is 283 g/mol. The minimum Gasteiger partial charge on any atom is -0.379 e. The normalized spacial score (nSPS) is 16.0. The van der Waals surface area contributed by atoms with Crippen LogP contribution in [0.25, 0.3) is 10.9 Å². The van der Waals surface area contributed by atoms with E-state index in [1.807, 2.05) is 0 Å². The maximum absolute atomic E-state index is 13.4. The van der Waals surface area contributed by atoms with E-state index in [0.717, 1.165) is 63.1 Å². The summed E-state index contributed by atoms with van der Waals surface area (Å²) in [6.07, 6.45) is 3.69. The molecule has 0 radical (unpaired) electrons. The molecule has 0 bridgehead atoms. The van der Waals surface area contributed by atoms with Crippen LogP contribution >= 0.6 is 0 Å². The molecular formula is C16H21FN4O. The summed E-state index contributed by atoms with van der Waals surface area (Å²) in [6, 6.07) is 4.57. The molecule has 1 saturated heterocycles. The van der Waals surface area contributed by atoms with Crippen LogP contribution in [0, 0.1) is 5.82 Å². The topological polar surface area (TPSA) is 50.3 Å². The molecule has 0 spiro atoms. The third-order valence-electron chi connectivity index (χ3n) is 3.89. The number of morpholine rings is 1. The van der Waals surface area contributed by atoms with Crippen LogP contribution in [0.15, 0.2) is 24.5 Å². The third-order valence-corrected chi connectivity index (χ3v) is 3.89. The van der Waals surface area contributed by atoms with Crippen molar-refractivity contribution >= 4 is 16.7 Å². The predicted molar refractivity (Wildman–Crippen MR) is 84.5 cm³/mol.